The van der Waals surface area contributed by atoms with Crippen LogP contribution < -0.4 is 5.32 Å². The van der Waals surface area contributed by atoms with Crippen molar-refractivity contribution in [3.63, 3.8) is 0 Å². The Morgan fingerprint density at radius 2 is 2.27 bits per heavy atom. The Morgan fingerprint density at radius 3 is 3.00 bits per heavy atom. The Balaban J connectivity index is 1.55. The maximum Gasteiger partial charge on any atom is 0.223 e. The molecule has 1 aromatic rings. The highest BCUT2D eigenvalue weighted by Gasteiger charge is 2.29. The van der Waals surface area contributed by atoms with Crippen molar-refractivity contribution in [3.05, 3.63) is 24.4 Å². The molecule has 0 saturated carbocycles. The van der Waals surface area contributed by atoms with Gasteiger partial charge in [-0.2, -0.15) is 5.10 Å². The molecule has 0 bridgehead atoms. The molecule has 1 aliphatic carbocycles. The number of hydrogen-bond acceptors (Lipinski definition) is 3. The number of aromatic nitrogens is 2. The van der Waals surface area contributed by atoms with E-state index in [9.17, 15) is 9.59 Å². The number of amides is 2. The number of allylic oxidation sites excluding steroid dienone is 2. The molecule has 6 nitrogen and oxygen atoms in total. The molecule has 3 rings (SSSR count). The predicted octanol–water partition coefficient (Wildman–Crippen LogP) is 1.97. The number of rotatable bonds is 4. The normalized spacial score (nSPS) is 24.0. The molecule has 2 heterocycles. The minimum absolute atomic E-state index is 0.127. The van der Waals surface area contributed by atoms with Gasteiger partial charge in [-0.3, -0.25) is 14.3 Å². The molecule has 0 radical (unpaired) electrons. The first-order valence-electron chi connectivity index (χ1n) is 7.89. The van der Waals surface area contributed by atoms with E-state index in [1.165, 1.54) is 6.92 Å². The highest BCUT2D eigenvalue weighted by Crippen LogP contribution is 2.26. The van der Waals surface area contributed by atoms with E-state index >= 15 is 0 Å². The van der Waals surface area contributed by atoms with Crippen LogP contribution >= 0.6 is 0 Å². The molecule has 2 aliphatic rings. The summed E-state index contributed by atoms with van der Waals surface area (Å²) in [6.45, 7) is 2.96. The molecular weight excluding hydrogens is 280 g/mol. The van der Waals surface area contributed by atoms with Crippen molar-refractivity contribution in [1.82, 2.24) is 14.7 Å². The molecule has 6 heteroatoms. The van der Waals surface area contributed by atoms with Gasteiger partial charge in [0.25, 0.3) is 0 Å². The molecular formula is C16H22N4O2. The topological polar surface area (TPSA) is 67.2 Å². The Morgan fingerprint density at radius 1 is 1.41 bits per heavy atom. The Kier molecular flexibility index (Phi) is 4.27. The monoisotopic (exact) mass is 302 g/mol. The van der Waals surface area contributed by atoms with Gasteiger partial charge in [-0.1, -0.05) is 12.2 Å². The maximum absolute atomic E-state index is 12.3. The second kappa shape index (κ2) is 6.34. The van der Waals surface area contributed by atoms with Crippen molar-refractivity contribution in [3.8, 4) is 0 Å². The summed E-state index contributed by atoms with van der Waals surface area (Å²) in [6.07, 6.45) is 9.93. The van der Waals surface area contributed by atoms with Gasteiger partial charge in [0.15, 0.2) is 5.82 Å². The Labute approximate surface area is 130 Å². The van der Waals surface area contributed by atoms with E-state index in [2.05, 4.69) is 22.6 Å². The van der Waals surface area contributed by atoms with Crippen molar-refractivity contribution in [2.24, 2.45) is 5.92 Å². The van der Waals surface area contributed by atoms with Crippen LogP contribution in [0.3, 0.4) is 0 Å². The average molecular weight is 302 g/mol. The first-order valence-corrected chi connectivity index (χ1v) is 7.89. The van der Waals surface area contributed by atoms with Crippen molar-refractivity contribution in [2.75, 3.05) is 18.4 Å². The van der Waals surface area contributed by atoms with Crippen LogP contribution in [0.1, 0.15) is 38.6 Å². The zero-order valence-electron chi connectivity index (χ0n) is 12.9. The number of hydrogen-bond donors (Lipinski definition) is 1. The summed E-state index contributed by atoms with van der Waals surface area (Å²) in [5.41, 5.74) is 0. The van der Waals surface area contributed by atoms with Gasteiger partial charge >= 0.3 is 0 Å². The number of likely N-dealkylation sites (tertiary alicyclic amines) is 1. The van der Waals surface area contributed by atoms with Crippen LogP contribution in [-0.2, 0) is 9.59 Å². The van der Waals surface area contributed by atoms with Gasteiger partial charge in [0.1, 0.15) is 0 Å². The first kappa shape index (κ1) is 14.8. The van der Waals surface area contributed by atoms with Gasteiger partial charge < -0.3 is 10.2 Å². The lowest BCUT2D eigenvalue weighted by molar-refractivity contribution is -0.130. The molecule has 0 spiro atoms. The lowest BCUT2D eigenvalue weighted by Crippen LogP contribution is -2.30. The van der Waals surface area contributed by atoms with Crippen molar-refractivity contribution in [1.29, 1.82) is 0 Å². The molecule has 0 aromatic carbocycles. The summed E-state index contributed by atoms with van der Waals surface area (Å²) in [6, 6.07) is 1.99. The fourth-order valence-corrected chi connectivity index (χ4v) is 3.19. The molecule has 1 aromatic heterocycles. The van der Waals surface area contributed by atoms with Gasteiger partial charge in [0, 0.05) is 38.7 Å². The van der Waals surface area contributed by atoms with E-state index in [4.69, 9.17) is 0 Å². The Bertz CT molecular complexity index is 593. The minimum Gasteiger partial charge on any atom is -0.340 e. The molecule has 2 atom stereocenters. The predicted molar refractivity (Wildman–Crippen MR) is 83.2 cm³/mol. The van der Waals surface area contributed by atoms with Crippen LogP contribution in [0.2, 0.25) is 0 Å². The largest absolute Gasteiger partial charge is 0.340 e. The third-order valence-corrected chi connectivity index (χ3v) is 4.35. The number of carbonyl (C=O) groups excluding carboxylic acids is 2. The molecule has 1 fully saturated rings. The van der Waals surface area contributed by atoms with E-state index in [1.807, 2.05) is 15.8 Å². The summed E-state index contributed by atoms with van der Waals surface area (Å²) < 4.78 is 1.86. The lowest BCUT2D eigenvalue weighted by Gasteiger charge is -2.18. The smallest absolute Gasteiger partial charge is 0.223 e. The zero-order chi connectivity index (χ0) is 15.5. The van der Waals surface area contributed by atoms with Crippen molar-refractivity contribution >= 4 is 17.6 Å². The number of anilines is 1. The highest BCUT2D eigenvalue weighted by atomic mass is 16.2. The van der Waals surface area contributed by atoms with Crippen molar-refractivity contribution < 1.29 is 9.59 Å². The molecule has 118 valence electrons. The second-order valence-corrected chi connectivity index (χ2v) is 6.11. The number of nitrogens with one attached hydrogen (secondary N) is 1. The molecule has 1 saturated heterocycles. The fourth-order valence-electron chi connectivity index (χ4n) is 3.19. The quantitative estimate of drug-likeness (QED) is 0.865. The Hall–Kier alpha value is -2.11. The fraction of sp³-hybridized carbons (Fsp3) is 0.562. The van der Waals surface area contributed by atoms with Crippen LogP contribution in [0.4, 0.5) is 5.82 Å². The standard InChI is InChI=1S/C16H22N4O2/c1-12(21)17-15-7-9-20(18-15)14-6-8-19(11-14)16(22)10-13-4-2-3-5-13/h2,4,7,9,13-14H,3,5-6,8,10-11H2,1H3,(H,17,18,21)/t13-,14+/m1/s1. The summed E-state index contributed by atoms with van der Waals surface area (Å²) in [4.78, 5) is 25.3. The summed E-state index contributed by atoms with van der Waals surface area (Å²) >= 11 is 0. The molecule has 2 amide bonds. The first-order chi connectivity index (χ1) is 10.6. The summed E-state index contributed by atoms with van der Waals surface area (Å²) in [5, 5.41) is 7.04. The number of nitrogens with zero attached hydrogens (tertiary/aromatic N) is 3. The van der Waals surface area contributed by atoms with Crippen LogP contribution in [0.25, 0.3) is 0 Å². The van der Waals surface area contributed by atoms with Crippen LogP contribution in [-0.4, -0.2) is 39.6 Å². The molecule has 1 N–H and O–H groups in total. The minimum atomic E-state index is -0.127. The van der Waals surface area contributed by atoms with E-state index in [1.54, 1.807) is 6.07 Å². The third-order valence-electron chi connectivity index (χ3n) is 4.35. The maximum atomic E-state index is 12.3. The number of carbonyl (C=O) groups is 2. The van der Waals surface area contributed by atoms with Gasteiger partial charge in [-0.15, -0.1) is 0 Å². The van der Waals surface area contributed by atoms with Crippen LogP contribution in [0.15, 0.2) is 24.4 Å². The van der Waals surface area contributed by atoms with Crippen molar-refractivity contribution in [2.45, 2.75) is 38.6 Å². The van der Waals surface area contributed by atoms with E-state index in [-0.39, 0.29) is 17.9 Å². The van der Waals surface area contributed by atoms with E-state index in [0.717, 1.165) is 25.8 Å². The summed E-state index contributed by atoms with van der Waals surface area (Å²) in [5.74, 6) is 1.10. The third kappa shape index (κ3) is 3.37. The van der Waals surface area contributed by atoms with Crippen LogP contribution in [0.5, 0.6) is 0 Å². The van der Waals surface area contributed by atoms with E-state index < -0.39 is 0 Å². The SMILES string of the molecule is CC(=O)Nc1ccn([C@H]2CCN(C(=O)C[C@@H]3C=CCC3)C2)n1. The molecule has 0 unspecified atom stereocenters. The van der Waals surface area contributed by atoms with Gasteiger partial charge in [-0.25, -0.2) is 0 Å². The van der Waals surface area contributed by atoms with Crippen LogP contribution in [0, 0.1) is 5.92 Å². The van der Waals surface area contributed by atoms with Gasteiger partial charge in [0.05, 0.1) is 6.04 Å². The van der Waals surface area contributed by atoms with Gasteiger partial charge in [-0.05, 0) is 25.2 Å². The molecule has 22 heavy (non-hydrogen) atoms. The highest BCUT2D eigenvalue weighted by molar-refractivity contribution is 5.87. The average Bonchev–Trinajstić information content (AvgIpc) is 3.18. The van der Waals surface area contributed by atoms with Gasteiger partial charge in [0.2, 0.25) is 11.8 Å². The van der Waals surface area contributed by atoms with E-state index in [0.29, 0.717) is 24.7 Å². The lowest BCUT2D eigenvalue weighted by atomic mass is 10.0. The zero-order valence-corrected chi connectivity index (χ0v) is 12.9. The molecule has 1 aliphatic heterocycles. The second-order valence-electron chi connectivity index (χ2n) is 6.11. The summed E-state index contributed by atoms with van der Waals surface area (Å²) in [7, 11) is 0.